The number of aryl methyl sites for hydroxylation is 1. The van der Waals surface area contributed by atoms with E-state index in [-0.39, 0.29) is 17.1 Å². The molecule has 3 aromatic rings. The predicted octanol–water partition coefficient (Wildman–Crippen LogP) is 3.47. The lowest BCUT2D eigenvalue weighted by atomic mass is 10.3. The number of amides is 1. The van der Waals surface area contributed by atoms with Crippen LogP contribution in [0.4, 0.5) is 5.69 Å². The fourth-order valence-corrected chi connectivity index (χ4v) is 2.61. The van der Waals surface area contributed by atoms with Crippen molar-refractivity contribution in [3.8, 4) is 5.75 Å². The van der Waals surface area contributed by atoms with Gasteiger partial charge >= 0.3 is 0 Å². The van der Waals surface area contributed by atoms with Crippen LogP contribution in [0.5, 0.6) is 5.75 Å². The van der Waals surface area contributed by atoms with Crippen molar-refractivity contribution in [3.63, 3.8) is 0 Å². The lowest BCUT2D eigenvalue weighted by Gasteiger charge is -2.06. The maximum atomic E-state index is 12.3. The number of aromatic hydroxyl groups is 1. The van der Waals surface area contributed by atoms with Crippen molar-refractivity contribution >= 4 is 34.8 Å². The van der Waals surface area contributed by atoms with Crippen LogP contribution in [0.1, 0.15) is 21.9 Å². The molecule has 2 N–H and O–H groups in total. The smallest absolute Gasteiger partial charge is 0.276 e. The van der Waals surface area contributed by atoms with Gasteiger partial charge in [-0.3, -0.25) is 9.48 Å². The van der Waals surface area contributed by atoms with Crippen molar-refractivity contribution in [2.45, 2.75) is 20.5 Å². The topological polar surface area (TPSA) is 85.0 Å². The molecule has 0 unspecified atom stereocenters. The molecule has 0 fully saturated rings. The number of nitrogens with zero attached hydrogens (tertiary/aromatic N) is 4. The molecule has 3 rings (SSSR count). The van der Waals surface area contributed by atoms with E-state index in [1.807, 2.05) is 13.8 Å². The first-order chi connectivity index (χ1) is 11.8. The third kappa shape index (κ3) is 3.62. The molecule has 2 heterocycles. The molecule has 7 nitrogen and oxygen atoms in total. The lowest BCUT2D eigenvalue weighted by Crippen LogP contribution is -2.15. The number of carbonyl (C=O) groups excluding carboxylic acids is 1. The summed E-state index contributed by atoms with van der Waals surface area (Å²) in [5, 5.41) is 21.9. The molecule has 9 heteroatoms. The number of phenols is 1. The van der Waals surface area contributed by atoms with Gasteiger partial charge in [0, 0.05) is 11.2 Å². The molecule has 25 heavy (non-hydrogen) atoms. The average molecular weight is 380 g/mol. The molecule has 0 atom stereocenters. The summed E-state index contributed by atoms with van der Waals surface area (Å²) < 4.78 is 3.28. The Morgan fingerprint density at radius 1 is 1.24 bits per heavy atom. The first-order valence-corrected chi connectivity index (χ1v) is 8.13. The summed E-state index contributed by atoms with van der Waals surface area (Å²) in [6, 6.07) is 5.97. The van der Waals surface area contributed by atoms with E-state index in [1.54, 1.807) is 21.6 Å². The number of halogens is 2. The highest BCUT2D eigenvalue weighted by molar-refractivity contribution is 6.31. The number of rotatable bonds is 4. The van der Waals surface area contributed by atoms with Crippen LogP contribution in [0.2, 0.25) is 10.0 Å². The first kappa shape index (κ1) is 17.3. The third-order valence-corrected chi connectivity index (χ3v) is 4.43. The molecule has 0 aliphatic rings. The van der Waals surface area contributed by atoms with Crippen molar-refractivity contribution in [1.29, 1.82) is 0 Å². The van der Waals surface area contributed by atoms with Crippen LogP contribution in [0.15, 0.2) is 30.5 Å². The molecule has 0 saturated carbocycles. The summed E-state index contributed by atoms with van der Waals surface area (Å²) >= 11 is 12.0. The minimum absolute atomic E-state index is 0.0746. The summed E-state index contributed by atoms with van der Waals surface area (Å²) in [6.07, 6.45) is 1.66. The van der Waals surface area contributed by atoms with Gasteiger partial charge in [0.1, 0.15) is 12.4 Å². The zero-order valence-electron chi connectivity index (χ0n) is 13.5. The Morgan fingerprint density at radius 2 is 2.00 bits per heavy atom. The highest BCUT2D eigenvalue weighted by Gasteiger charge is 2.14. The number of aromatic nitrogens is 4. The molecule has 0 radical (unpaired) electrons. The minimum atomic E-state index is -0.456. The molecule has 130 valence electrons. The molecule has 0 saturated heterocycles. The van der Waals surface area contributed by atoms with Gasteiger partial charge in [-0.05, 0) is 38.1 Å². The Labute approximate surface area is 153 Å². The van der Waals surface area contributed by atoms with Gasteiger partial charge in [0.15, 0.2) is 5.69 Å². The summed E-state index contributed by atoms with van der Waals surface area (Å²) in [5.74, 6) is -0.530. The van der Waals surface area contributed by atoms with E-state index in [0.717, 1.165) is 11.4 Å². The van der Waals surface area contributed by atoms with Gasteiger partial charge < -0.3 is 10.4 Å². The SMILES string of the molecule is Cc1nn(Cn2ccc(C(=O)Nc3cc(Cl)ccc3O)n2)c(C)c1Cl. The van der Waals surface area contributed by atoms with Crippen LogP contribution in [0.25, 0.3) is 0 Å². The van der Waals surface area contributed by atoms with Crippen LogP contribution in [0.3, 0.4) is 0 Å². The molecule has 0 bridgehead atoms. The van der Waals surface area contributed by atoms with Crippen LogP contribution in [0, 0.1) is 13.8 Å². The van der Waals surface area contributed by atoms with E-state index >= 15 is 0 Å². The van der Waals surface area contributed by atoms with E-state index in [1.165, 1.54) is 18.2 Å². The van der Waals surface area contributed by atoms with Gasteiger partial charge in [0.2, 0.25) is 0 Å². The number of phenolic OH excluding ortho intramolecular Hbond substituents is 1. The van der Waals surface area contributed by atoms with E-state index in [9.17, 15) is 9.90 Å². The third-order valence-electron chi connectivity index (χ3n) is 3.65. The fourth-order valence-electron chi connectivity index (χ4n) is 2.31. The molecule has 1 amide bonds. The van der Waals surface area contributed by atoms with Crippen LogP contribution in [-0.2, 0) is 6.67 Å². The van der Waals surface area contributed by atoms with Gasteiger partial charge in [0.25, 0.3) is 5.91 Å². The standard InChI is InChI=1S/C16H15Cl2N5O2/c1-9-15(18)10(2)23(20-9)8-22-6-5-12(21-22)16(25)19-13-7-11(17)3-4-14(13)24/h3-7,24H,8H2,1-2H3,(H,19,25). The van der Waals surface area contributed by atoms with Gasteiger partial charge in [-0.1, -0.05) is 23.2 Å². The quantitative estimate of drug-likeness (QED) is 0.679. The van der Waals surface area contributed by atoms with Crippen LogP contribution < -0.4 is 5.32 Å². The molecule has 0 aliphatic carbocycles. The molecular weight excluding hydrogens is 365 g/mol. The van der Waals surface area contributed by atoms with Gasteiger partial charge in [0.05, 0.1) is 22.1 Å². The number of hydrogen-bond acceptors (Lipinski definition) is 4. The zero-order valence-corrected chi connectivity index (χ0v) is 15.0. The Hall–Kier alpha value is -2.51. The number of hydrogen-bond donors (Lipinski definition) is 2. The van der Waals surface area contributed by atoms with E-state index < -0.39 is 5.91 Å². The summed E-state index contributed by atoms with van der Waals surface area (Å²) in [5.41, 5.74) is 1.98. The predicted molar refractivity (Wildman–Crippen MR) is 95.4 cm³/mol. The minimum Gasteiger partial charge on any atom is -0.506 e. The molecule has 2 aromatic heterocycles. The second-order valence-electron chi connectivity index (χ2n) is 5.48. The highest BCUT2D eigenvalue weighted by Crippen LogP contribution is 2.26. The fraction of sp³-hybridized carbons (Fsp3) is 0.188. The monoisotopic (exact) mass is 379 g/mol. The van der Waals surface area contributed by atoms with Gasteiger partial charge in [-0.15, -0.1) is 0 Å². The number of benzene rings is 1. The van der Waals surface area contributed by atoms with Crippen LogP contribution in [-0.4, -0.2) is 30.6 Å². The summed E-state index contributed by atoms with van der Waals surface area (Å²) in [4.78, 5) is 12.3. The van der Waals surface area contributed by atoms with E-state index in [4.69, 9.17) is 23.2 Å². The number of anilines is 1. The van der Waals surface area contributed by atoms with Gasteiger partial charge in [-0.2, -0.15) is 10.2 Å². The maximum absolute atomic E-state index is 12.3. The lowest BCUT2D eigenvalue weighted by molar-refractivity contribution is 0.102. The number of nitrogens with one attached hydrogen (secondary N) is 1. The normalized spacial score (nSPS) is 10.9. The highest BCUT2D eigenvalue weighted by atomic mass is 35.5. The molecule has 1 aromatic carbocycles. The Morgan fingerprint density at radius 3 is 2.68 bits per heavy atom. The van der Waals surface area contributed by atoms with Crippen molar-refractivity contribution < 1.29 is 9.90 Å². The molecular formula is C16H15Cl2N5O2. The Kier molecular flexibility index (Phi) is 4.69. The van der Waals surface area contributed by atoms with Crippen molar-refractivity contribution in [2.24, 2.45) is 0 Å². The van der Waals surface area contributed by atoms with Crippen molar-refractivity contribution in [2.75, 3.05) is 5.32 Å². The summed E-state index contributed by atoms with van der Waals surface area (Å²) in [7, 11) is 0. The first-order valence-electron chi connectivity index (χ1n) is 7.38. The van der Waals surface area contributed by atoms with Crippen LogP contribution >= 0.6 is 23.2 Å². The second-order valence-corrected chi connectivity index (χ2v) is 6.30. The zero-order chi connectivity index (χ0) is 18.1. The molecule has 0 spiro atoms. The van der Waals surface area contributed by atoms with Crippen molar-refractivity contribution in [1.82, 2.24) is 19.6 Å². The summed E-state index contributed by atoms with van der Waals surface area (Å²) in [6.45, 7) is 4.02. The largest absolute Gasteiger partial charge is 0.506 e. The Balaban J connectivity index is 1.75. The average Bonchev–Trinajstić information content (AvgIpc) is 3.13. The molecule has 0 aliphatic heterocycles. The second kappa shape index (κ2) is 6.78. The van der Waals surface area contributed by atoms with Crippen molar-refractivity contribution in [3.05, 3.63) is 57.6 Å². The maximum Gasteiger partial charge on any atom is 0.276 e. The number of carbonyl (C=O) groups is 1. The Bertz CT molecular complexity index is 948. The van der Waals surface area contributed by atoms with E-state index in [0.29, 0.717) is 16.7 Å². The van der Waals surface area contributed by atoms with E-state index in [2.05, 4.69) is 15.5 Å². The van der Waals surface area contributed by atoms with Gasteiger partial charge in [-0.25, -0.2) is 4.68 Å².